The molecule has 0 unspecified atom stereocenters. The van der Waals surface area contributed by atoms with E-state index in [1.165, 1.54) is 0 Å². The molecule has 3 nitrogen and oxygen atoms in total. The Hall–Kier alpha value is -1.36. The van der Waals surface area contributed by atoms with E-state index >= 15 is 0 Å². The molecule has 1 aromatic rings. The minimum atomic E-state index is -0.825. The van der Waals surface area contributed by atoms with E-state index in [1.54, 1.807) is 6.92 Å². The van der Waals surface area contributed by atoms with Gasteiger partial charge in [-0.3, -0.25) is 4.79 Å². The van der Waals surface area contributed by atoms with E-state index in [1.807, 2.05) is 0 Å². The van der Waals surface area contributed by atoms with Gasteiger partial charge in [-0.1, -0.05) is 11.6 Å². The zero-order valence-corrected chi connectivity index (χ0v) is 9.37. The molecule has 0 atom stereocenters. The molecule has 1 rings (SSSR count). The standard InChI is InChI=1S/C10H11ClF2N2O/c1-2-14-9(16)5-15-10-7(11)3-6(12)4-8(10)13/h3-4,15H,2,5H2,1H3,(H,14,16). The Balaban J connectivity index is 2.70. The number of hydrogen-bond acceptors (Lipinski definition) is 2. The SMILES string of the molecule is CCNC(=O)CNc1c(F)cc(F)cc1Cl. The maximum Gasteiger partial charge on any atom is 0.239 e. The highest BCUT2D eigenvalue weighted by Gasteiger charge is 2.10. The predicted octanol–water partition coefficient (Wildman–Crippen LogP) is 2.17. The van der Waals surface area contributed by atoms with Gasteiger partial charge in [0.2, 0.25) is 5.91 Å². The molecule has 0 bridgehead atoms. The van der Waals surface area contributed by atoms with Crippen molar-refractivity contribution in [2.45, 2.75) is 6.92 Å². The third-order valence-corrected chi connectivity index (χ3v) is 2.10. The molecular formula is C10H11ClF2N2O. The van der Waals surface area contributed by atoms with Crippen LogP contribution in [0.2, 0.25) is 5.02 Å². The summed E-state index contributed by atoms with van der Waals surface area (Å²) in [5, 5.41) is 4.94. The van der Waals surface area contributed by atoms with Gasteiger partial charge in [0.25, 0.3) is 0 Å². The van der Waals surface area contributed by atoms with E-state index in [0.29, 0.717) is 12.6 Å². The van der Waals surface area contributed by atoms with Crippen molar-refractivity contribution in [3.05, 3.63) is 28.8 Å². The zero-order chi connectivity index (χ0) is 12.1. The van der Waals surface area contributed by atoms with Gasteiger partial charge >= 0.3 is 0 Å². The lowest BCUT2D eigenvalue weighted by Crippen LogP contribution is -2.29. The number of halogens is 3. The molecule has 0 radical (unpaired) electrons. The van der Waals surface area contributed by atoms with E-state index in [9.17, 15) is 13.6 Å². The Bertz CT molecular complexity index is 375. The molecule has 2 N–H and O–H groups in total. The second-order valence-corrected chi connectivity index (χ2v) is 3.46. The normalized spacial score (nSPS) is 10.0. The first-order valence-corrected chi connectivity index (χ1v) is 5.07. The fraction of sp³-hybridized carbons (Fsp3) is 0.300. The quantitative estimate of drug-likeness (QED) is 0.857. The number of carbonyl (C=O) groups excluding carboxylic acids is 1. The first-order chi connectivity index (χ1) is 7.54. The fourth-order valence-electron chi connectivity index (χ4n) is 1.14. The molecule has 0 aliphatic rings. The summed E-state index contributed by atoms with van der Waals surface area (Å²) in [4.78, 5) is 11.1. The van der Waals surface area contributed by atoms with Crippen LogP contribution < -0.4 is 10.6 Å². The van der Waals surface area contributed by atoms with Crippen molar-refractivity contribution in [2.24, 2.45) is 0 Å². The molecule has 0 spiro atoms. The number of carbonyl (C=O) groups is 1. The van der Waals surface area contributed by atoms with Gasteiger partial charge in [0.15, 0.2) is 5.82 Å². The van der Waals surface area contributed by atoms with E-state index < -0.39 is 11.6 Å². The van der Waals surface area contributed by atoms with Gasteiger partial charge in [0.05, 0.1) is 17.3 Å². The highest BCUT2D eigenvalue weighted by Crippen LogP contribution is 2.25. The Morgan fingerprint density at radius 3 is 2.69 bits per heavy atom. The van der Waals surface area contributed by atoms with Crippen LogP contribution in [-0.4, -0.2) is 19.0 Å². The Kier molecular flexibility index (Phi) is 4.49. The number of likely N-dealkylation sites (N-methyl/N-ethyl adjacent to an activating group) is 1. The number of rotatable bonds is 4. The van der Waals surface area contributed by atoms with Gasteiger partial charge in [0, 0.05) is 12.6 Å². The lowest BCUT2D eigenvalue weighted by molar-refractivity contribution is -0.119. The molecular weight excluding hydrogens is 238 g/mol. The molecule has 1 aromatic carbocycles. The maximum absolute atomic E-state index is 13.2. The molecule has 0 heterocycles. The van der Waals surface area contributed by atoms with Crippen LogP contribution in [0.3, 0.4) is 0 Å². The van der Waals surface area contributed by atoms with Crippen LogP contribution in [0.4, 0.5) is 14.5 Å². The molecule has 1 amide bonds. The Labute approximate surface area is 96.8 Å². The fourth-order valence-corrected chi connectivity index (χ4v) is 1.40. The predicted molar refractivity (Wildman–Crippen MR) is 58.5 cm³/mol. The number of nitrogens with one attached hydrogen (secondary N) is 2. The van der Waals surface area contributed by atoms with Crippen molar-refractivity contribution in [1.29, 1.82) is 0 Å². The minimum absolute atomic E-state index is 0.0747. The third kappa shape index (κ3) is 3.34. The highest BCUT2D eigenvalue weighted by molar-refractivity contribution is 6.33. The molecule has 0 fully saturated rings. The van der Waals surface area contributed by atoms with Crippen LogP contribution in [-0.2, 0) is 4.79 Å². The molecule has 0 aliphatic heterocycles. The monoisotopic (exact) mass is 248 g/mol. The van der Waals surface area contributed by atoms with Gasteiger partial charge in [0.1, 0.15) is 5.82 Å². The summed E-state index contributed by atoms with van der Waals surface area (Å²) in [5.41, 5.74) is -0.0747. The van der Waals surface area contributed by atoms with Crippen LogP contribution in [0.15, 0.2) is 12.1 Å². The van der Waals surface area contributed by atoms with Crippen molar-refractivity contribution in [3.63, 3.8) is 0 Å². The van der Waals surface area contributed by atoms with Crippen molar-refractivity contribution < 1.29 is 13.6 Å². The average Bonchev–Trinajstić information content (AvgIpc) is 2.16. The summed E-state index contributed by atoms with van der Waals surface area (Å²) < 4.78 is 25.9. The van der Waals surface area contributed by atoms with E-state index in [-0.39, 0.29) is 23.2 Å². The van der Waals surface area contributed by atoms with Gasteiger partial charge in [-0.25, -0.2) is 8.78 Å². The molecule has 16 heavy (non-hydrogen) atoms. The molecule has 6 heteroatoms. The van der Waals surface area contributed by atoms with E-state index in [0.717, 1.165) is 6.07 Å². The highest BCUT2D eigenvalue weighted by atomic mass is 35.5. The smallest absolute Gasteiger partial charge is 0.239 e. The first-order valence-electron chi connectivity index (χ1n) is 4.69. The van der Waals surface area contributed by atoms with Gasteiger partial charge in [-0.15, -0.1) is 0 Å². The minimum Gasteiger partial charge on any atom is -0.373 e. The summed E-state index contributed by atoms with van der Waals surface area (Å²) in [5.74, 6) is -1.87. The summed E-state index contributed by atoms with van der Waals surface area (Å²) in [6.45, 7) is 2.14. The van der Waals surface area contributed by atoms with Crippen molar-refractivity contribution >= 4 is 23.2 Å². The number of anilines is 1. The molecule has 0 aliphatic carbocycles. The average molecular weight is 249 g/mol. The Morgan fingerprint density at radius 1 is 1.44 bits per heavy atom. The van der Waals surface area contributed by atoms with Crippen molar-refractivity contribution in [3.8, 4) is 0 Å². The lowest BCUT2D eigenvalue weighted by Gasteiger charge is -2.09. The van der Waals surface area contributed by atoms with Crippen LogP contribution >= 0.6 is 11.6 Å². The van der Waals surface area contributed by atoms with E-state index in [4.69, 9.17) is 11.6 Å². The van der Waals surface area contributed by atoms with Crippen LogP contribution in [0.25, 0.3) is 0 Å². The summed E-state index contributed by atoms with van der Waals surface area (Å²) >= 11 is 5.62. The second-order valence-electron chi connectivity index (χ2n) is 3.05. The Morgan fingerprint density at radius 2 is 2.12 bits per heavy atom. The topological polar surface area (TPSA) is 41.1 Å². The molecule has 0 saturated carbocycles. The van der Waals surface area contributed by atoms with Crippen molar-refractivity contribution in [2.75, 3.05) is 18.4 Å². The van der Waals surface area contributed by atoms with Gasteiger partial charge < -0.3 is 10.6 Å². The first kappa shape index (κ1) is 12.7. The number of hydrogen-bond donors (Lipinski definition) is 2. The summed E-state index contributed by atoms with van der Waals surface area (Å²) in [6, 6.07) is 1.68. The van der Waals surface area contributed by atoms with Crippen LogP contribution in [0.1, 0.15) is 6.92 Å². The number of benzene rings is 1. The van der Waals surface area contributed by atoms with Crippen molar-refractivity contribution in [1.82, 2.24) is 5.32 Å². The molecule has 0 saturated heterocycles. The lowest BCUT2D eigenvalue weighted by atomic mass is 10.3. The maximum atomic E-state index is 13.2. The van der Waals surface area contributed by atoms with Crippen LogP contribution in [0.5, 0.6) is 0 Å². The second kappa shape index (κ2) is 5.65. The van der Waals surface area contributed by atoms with Crippen LogP contribution in [0, 0.1) is 11.6 Å². The summed E-state index contributed by atoms with van der Waals surface area (Å²) in [6.07, 6.45) is 0. The van der Waals surface area contributed by atoms with E-state index in [2.05, 4.69) is 10.6 Å². The number of amides is 1. The molecule has 0 aromatic heterocycles. The van der Waals surface area contributed by atoms with Gasteiger partial charge in [-0.05, 0) is 13.0 Å². The van der Waals surface area contributed by atoms with Gasteiger partial charge in [-0.2, -0.15) is 0 Å². The zero-order valence-electron chi connectivity index (χ0n) is 8.61. The molecule has 88 valence electrons. The summed E-state index contributed by atoms with van der Waals surface area (Å²) in [7, 11) is 0. The third-order valence-electron chi connectivity index (χ3n) is 1.81. The largest absolute Gasteiger partial charge is 0.373 e.